The fourth-order valence-corrected chi connectivity index (χ4v) is 6.16. The fraction of sp³-hybridized carbons (Fsp3) is 0.586. The van der Waals surface area contributed by atoms with Crippen molar-refractivity contribution in [2.75, 3.05) is 18.8 Å². The van der Waals surface area contributed by atoms with Gasteiger partial charge in [-0.25, -0.2) is 19.9 Å². The van der Waals surface area contributed by atoms with Crippen LogP contribution < -0.4 is 5.73 Å². The summed E-state index contributed by atoms with van der Waals surface area (Å²) < 4.78 is 7.81. The Kier molecular flexibility index (Phi) is 7.02. The van der Waals surface area contributed by atoms with Gasteiger partial charge in [0.15, 0.2) is 17.7 Å². The van der Waals surface area contributed by atoms with Crippen LogP contribution in [0.2, 0.25) is 0 Å². The molecule has 3 aromatic heterocycles. The number of aliphatic hydroxyl groups is 2. The van der Waals surface area contributed by atoms with Gasteiger partial charge in [0, 0.05) is 19.0 Å². The van der Waals surface area contributed by atoms with Crippen molar-refractivity contribution in [3.05, 3.63) is 42.2 Å². The van der Waals surface area contributed by atoms with Crippen molar-refractivity contribution in [1.82, 2.24) is 34.4 Å². The molecule has 1 aromatic carbocycles. The van der Waals surface area contributed by atoms with E-state index in [1.54, 1.807) is 4.57 Å². The van der Waals surface area contributed by atoms with Crippen LogP contribution in [0.4, 0.5) is 5.82 Å². The number of anilines is 1. The Hall–Kier alpha value is -3.12. The fourth-order valence-electron chi connectivity index (χ4n) is 6.16. The van der Waals surface area contributed by atoms with Gasteiger partial charge >= 0.3 is 0 Å². The molecule has 0 spiro atoms. The number of rotatable bonds is 8. The number of aromatic nitrogens is 6. The summed E-state index contributed by atoms with van der Waals surface area (Å²) in [4.78, 5) is 23.2. The van der Waals surface area contributed by atoms with Crippen molar-refractivity contribution < 1.29 is 14.9 Å². The molecule has 40 heavy (non-hydrogen) atoms. The molecular weight excluding hydrogens is 508 g/mol. The Morgan fingerprint density at radius 3 is 2.70 bits per heavy atom. The van der Waals surface area contributed by atoms with E-state index < -0.39 is 24.5 Å². The Balaban J connectivity index is 1.03. The largest absolute Gasteiger partial charge is 0.387 e. The van der Waals surface area contributed by atoms with Crippen molar-refractivity contribution >= 4 is 28.0 Å². The van der Waals surface area contributed by atoms with Crippen molar-refractivity contribution in [3.8, 4) is 0 Å². The molecule has 1 saturated heterocycles. The van der Waals surface area contributed by atoms with Crippen molar-refractivity contribution in [1.29, 1.82) is 0 Å². The van der Waals surface area contributed by atoms with E-state index in [0.717, 1.165) is 49.1 Å². The molecule has 4 aromatic rings. The molecule has 6 rings (SSSR count). The predicted molar refractivity (Wildman–Crippen MR) is 153 cm³/mol. The Bertz CT molecular complexity index is 1490. The van der Waals surface area contributed by atoms with Gasteiger partial charge in [-0.05, 0) is 54.8 Å². The lowest BCUT2D eigenvalue weighted by Gasteiger charge is -2.43. The maximum Gasteiger partial charge on any atom is 0.167 e. The molecule has 4 heterocycles. The van der Waals surface area contributed by atoms with Gasteiger partial charge in [-0.3, -0.25) is 9.47 Å². The Labute approximate surface area is 233 Å². The van der Waals surface area contributed by atoms with Crippen LogP contribution in [-0.2, 0) is 16.6 Å². The summed E-state index contributed by atoms with van der Waals surface area (Å²) >= 11 is 0. The summed E-state index contributed by atoms with van der Waals surface area (Å²) in [5.74, 6) is 1.96. The zero-order chi connectivity index (χ0) is 28.2. The Morgan fingerprint density at radius 1 is 1.15 bits per heavy atom. The third kappa shape index (κ3) is 4.96. The van der Waals surface area contributed by atoms with Crippen LogP contribution in [0.5, 0.6) is 0 Å². The minimum absolute atomic E-state index is 0.113. The molecule has 0 unspecified atom stereocenters. The average molecular weight is 549 g/mol. The number of benzene rings is 1. The highest BCUT2D eigenvalue weighted by atomic mass is 16.6. The number of H-pyrrole nitrogens is 1. The first-order valence-corrected chi connectivity index (χ1v) is 14.3. The molecule has 1 aliphatic carbocycles. The number of imidazole rings is 2. The van der Waals surface area contributed by atoms with E-state index in [9.17, 15) is 10.2 Å². The van der Waals surface area contributed by atoms with Gasteiger partial charge in [0.25, 0.3) is 0 Å². The first kappa shape index (κ1) is 27.1. The van der Waals surface area contributed by atoms with E-state index in [1.165, 1.54) is 18.2 Å². The van der Waals surface area contributed by atoms with E-state index in [2.05, 4.69) is 70.7 Å². The number of hydrogen-bond donors (Lipinski definition) is 4. The first-order valence-electron chi connectivity index (χ1n) is 14.3. The first-order chi connectivity index (χ1) is 19.1. The van der Waals surface area contributed by atoms with Gasteiger partial charge in [0.2, 0.25) is 0 Å². The molecule has 2 aliphatic rings. The number of nitrogens with zero attached hydrogens (tertiary/aromatic N) is 6. The maximum absolute atomic E-state index is 10.9. The van der Waals surface area contributed by atoms with Crippen LogP contribution in [0.3, 0.4) is 0 Å². The highest BCUT2D eigenvalue weighted by Gasteiger charge is 2.46. The molecule has 1 aliphatic heterocycles. The standard InChI is InChI=1S/C29H40N8O3/c1-5-36(13-21-24(38)25(39)28(40-21)37-15-33-23-26(30)31-14-32-27(23)37)18-10-16(11-18)6-9-22-34-19-8-7-17(29(2,3)4)12-20(19)35-22/h7-8,12,14-16,18,21,24-25,28,38-39H,5-6,9-11,13H2,1-4H3,(H,34,35)(H2,30,31,32)/t16?,18?,21-,24+,25+,28-/m1/s1. The normalized spacial score (nSPS) is 27.2. The molecule has 5 N–H and O–H groups in total. The summed E-state index contributed by atoms with van der Waals surface area (Å²) in [7, 11) is 0. The van der Waals surface area contributed by atoms with E-state index in [0.29, 0.717) is 29.7 Å². The van der Waals surface area contributed by atoms with Crippen molar-refractivity contribution in [2.45, 2.75) is 89.4 Å². The number of aryl methyl sites for hydroxylation is 1. The summed E-state index contributed by atoms with van der Waals surface area (Å²) in [6, 6.07) is 6.96. The van der Waals surface area contributed by atoms with Gasteiger partial charge < -0.3 is 25.7 Å². The highest BCUT2D eigenvalue weighted by Crippen LogP contribution is 2.37. The Morgan fingerprint density at radius 2 is 1.95 bits per heavy atom. The van der Waals surface area contributed by atoms with Crippen LogP contribution in [0, 0.1) is 5.92 Å². The van der Waals surface area contributed by atoms with E-state index in [1.807, 2.05) is 0 Å². The number of nitrogens with two attached hydrogens (primary N) is 1. The second-order valence-electron chi connectivity index (χ2n) is 12.4. The molecule has 0 bridgehead atoms. The van der Waals surface area contributed by atoms with Gasteiger partial charge in [0.05, 0.1) is 17.4 Å². The van der Waals surface area contributed by atoms with Crippen LogP contribution in [0.25, 0.3) is 22.2 Å². The number of aliphatic hydroxyl groups excluding tert-OH is 2. The van der Waals surface area contributed by atoms with Gasteiger partial charge in [-0.1, -0.05) is 33.8 Å². The molecule has 11 nitrogen and oxygen atoms in total. The lowest BCUT2D eigenvalue weighted by Crippen LogP contribution is -2.49. The molecule has 0 radical (unpaired) electrons. The number of fused-ring (bicyclic) bond motifs is 2. The molecule has 4 atom stereocenters. The zero-order valence-electron chi connectivity index (χ0n) is 23.7. The third-order valence-corrected chi connectivity index (χ3v) is 8.73. The maximum atomic E-state index is 10.9. The van der Waals surface area contributed by atoms with Gasteiger partial charge in [0.1, 0.15) is 36.0 Å². The summed E-state index contributed by atoms with van der Waals surface area (Å²) in [5, 5.41) is 21.7. The monoisotopic (exact) mass is 548 g/mol. The molecule has 2 fully saturated rings. The van der Waals surface area contributed by atoms with Gasteiger partial charge in [-0.2, -0.15) is 0 Å². The van der Waals surface area contributed by atoms with Gasteiger partial charge in [-0.15, -0.1) is 0 Å². The molecule has 11 heteroatoms. The van der Waals surface area contributed by atoms with Crippen molar-refractivity contribution in [3.63, 3.8) is 0 Å². The highest BCUT2D eigenvalue weighted by molar-refractivity contribution is 5.81. The lowest BCUT2D eigenvalue weighted by atomic mass is 9.76. The van der Waals surface area contributed by atoms with Crippen LogP contribution in [0.15, 0.2) is 30.9 Å². The van der Waals surface area contributed by atoms with E-state index >= 15 is 0 Å². The predicted octanol–water partition coefficient (Wildman–Crippen LogP) is 2.93. The number of hydrogen-bond acceptors (Lipinski definition) is 9. The van der Waals surface area contributed by atoms with E-state index in [-0.39, 0.29) is 11.2 Å². The minimum atomic E-state index is -1.10. The van der Waals surface area contributed by atoms with E-state index in [4.69, 9.17) is 15.5 Å². The number of nitrogen functional groups attached to an aromatic ring is 1. The number of ether oxygens (including phenoxy) is 1. The summed E-state index contributed by atoms with van der Waals surface area (Å²) in [6.07, 6.45) is 3.70. The third-order valence-electron chi connectivity index (χ3n) is 8.73. The summed E-state index contributed by atoms with van der Waals surface area (Å²) in [6.45, 7) is 10.2. The van der Waals surface area contributed by atoms with Crippen LogP contribution >= 0.6 is 0 Å². The zero-order valence-corrected chi connectivity index (χ0v) is 23.7. The minimum Gasteiger partial charge on any atom is -0.387 e. The second-order valence-corrected chi connectivity index (χ2v) is 12.4. The smallest absolute Gasteiger partial charge is 0.167 e. The molecule has 1 saturated carbocycles. The second kappa shape index (κ2) is 10.4. The molecular formula is C29H40N8O3. The lowest BCUT2D eigenvalue weighted by molar-refractivity contribution is -0.0550. The van der Waals surface area contributed by atoms with Crippen LogP contribution in [0.1, 0.15) is 64.6 Å². The topological polar surface area (TPSA) is 151 Å². The number of likely N-dealkylation sites (N-methyl/N-ethyl adjacent to an activating group) is 1. The quantitative estimate of drug-likeness (QED) is 0.260. The SMILES string of the molecule is CCN(C[C@H]1O[C@@H](n2cnc3c(N)ncnc32)[C@@H](O)[C@H]1O)C1CC(CCc2nc3ccc(C(C)(C)C)cc3[nH]2)C1. The average Bonchev–Trinajstić information content (AvgIpc) is 3.58. The summed E-state index contributed by atoms with van der Waals surface area (Å²) in [5.41, 5.74) is 10.4. The van der Waals surface area contributed by atoms with Crippen LogP contribution in [-0.4, -0.2) is 82.0 Å². The number of aromatic amines is 1. The number of nitrogens with one attached hydrogen (secondary N) is 1. The molecule has 0 amide bonds. The van der Waals surface area contributed by atoms with Crippen molar-refractivity contribution in [2.24, 2.45) is 5.92 Å². The molecule has 214 valence electrons.